The Morgan fingerprint density at radius 1 is 1.12 bits per heavy atom. The molecule has 0 aromatic heterocycles. The van der Waals surface area contributed by atoms with E-state index in [4.69, 9.17) is 4.74 Å². The van der Waals surface area contributed by atoms with Crippen LogP contribution in [0.25, 0.3) is 0 Å². The Balaban J connectivity index is 1.94. The van der Waals surface area contributed by atoms with Crippen molar-refractivity contribution in [3.63, 3.8) is 0 Å². The molecule has 26 heavy (non-hydrogen) atoms. The lowest BCUT2D eigenvalue weighted by molar-refractivity contribution is -0.121. The van der Waals surface area contributed by atoms with Crippen molar-refractivity contribution >= 4 is 15.9 Å². The van der Waals surface area contributed by atoms with Crippen molar-refractivity contribution in [1.29, 1.82) is 0 Å². The van der Waals surface area contributed by atoms with Gasteiger partial charge in [-0.25, -0.2) is 12.8 Å². The third kappa shape index (κ3) is 5.27. The number of sulfonamides is 1. The molecule has 0 bridgehead atoms. The SMILES string of the molecule is CCOc1ccc(S(=O)(=O)N(C)CC(=O)NCc2ccc(F)cc2)cc1. The second-order valence-corrected chi connectivity index (χ2v) is 7.61. The van der Waals surface area contributed by atoms with Crippen molar-refractivity contribution in [2.75, 3.05) is 20.2 Å². The molecule has 1 amide bonds. The molecule has 0 saturated carbocycles. The Hall–Kier alpha value is -2.45. The lowest BCUT2D eigenvalue weighted by atomic mass is 10.2. The fourth-order valence-corrected chi connectivity index (χ4v) is 3.33. The van der Waals surface area contributed by atoms with Crippen LogP contribution in [0.3, 0.4) is 0 Å². The van der Waals surface area contributed by atoms with Crippen LogP contribution in [0.5, 0.6) is 5.75 Å². The molecule has 0 aliphatic rings. The zero-order valence-corrected chi connectivity index (χ0v) is 15.4. The predicted molar refractivity (Wildman–Crippen MR) is 95.7 cm³/mol. The molecular weight excluding hydrogens is 359 g/mol. The lowest BCUT2D eigenvalue weighted by Gasteiger charge is -2.17. The average Bonchev–Trinajstić information content (AvgIpc) is 2.62. The summed E-state index contributed by atoms with van der Waals surface area (Å²) in [6.07, 6.45) is 0. The number of hydrogen-bond acceptors (Lipinski definition) is 4. The zero-order valence-electron chi connectivity index (χ0n) is 14.6. The summed E-state index contributed by atoms with van der Waals surface area (Å²) in [7, 11) is -2.45. The minimum absolute atomic E-state index is 0.0785. The Morgan fingerprint density at radius 2 is 1.73 bits per heavy atom. The van der Waals surface area contributed by atoms with Crippen LogP contribution in [0.2, 0.25) is 0 Å². The number of ether oxygens (including phenoxy) is 1. The fraction of sp³-hybridized carbons (Fsp3) is 0.278. The van der Waals surface area contributed by atoms with Gasteiger partial charge < -0.3 is 10.1 Å². The summed E-state index contributed by atoms with van der Waals surface area (Å²) in [5, 5.41) is 2.61. The van der Waals surface area contributed by atoms with Crippen LogP contribution in [0.15, 0.2) is 53.4 Å². The van der Waals surface area contributed by atoms with Gasteiger partial charge in [-0.3, -0.25) is 4.79 Å². The van der Waals surface area contributed by atoms with Crippen molar-refractivity contribution < 1.29 is 22.3 Å². The van der Waals surface area contributed by atoms with E-state index in [1.807, 2.05) is 6.92 Å². The number of amides is 1. The summed E-state index contributed by atoms with van der Waals surface area (Å²) in [6.45, 7) is 2.19. The second kappa shape index (κ2) is 8.77. The van der Waals surface area contributed by atoms with Crippen LogP contribution in [-0.2, 0) is 21.4 Å². The van der Waals surface area contributed by atoms with E-state index in [1.165, 1.54) is 31.3 Å². The van der Waals surface area contributed by atoms with E-state index in [2.05, 4.69) is 5.32 Å². The van der Waals surface area contributed by atoms with Crippen molar-refractivity contribution in [3.8, 4) is 5.75 Å². The molecule has 0 spiro atoms. The highest BCUT2D eigenvalue weighted by molar-refractivity contribution is 7.89. The van der Waals surface area contributed by atoms with Crippen LogP contribution in [0.1, 0.15) is 12.5 Å². The van der Waals surface area contributed by atoms with Crippen molar-refractivity contribution in [3.05, 3.63) is 59.9 Å². The summed E-state index contributed by atoms with van der Waals surface area (Å²) in [5.74, 6) is -0.237. The Bertz CT molecular complexity index is 836. The summed E-state index contributed by atoms with van der Waals surface area (Å²) >= 11 is 0. The van der Waals surface area contributed by atoms with Crippen LogP contribution in [0, 0.1) is 5.82 Å². The largest absolute Gasteiger partial charge is 0.494 e. The van der Waals surface area contributed by atoms with Crippen molar-refractivity contribution in [2.45, 2.75) is 18.4 Å². The molecule has 0 heterocycles. The topological polar surface area (TPSA) is 75.7 Å². The third-order valence-corrected chi connectivity index (χ3v) is 5.43. The monoisotopic (exact) mass is 380 g/mol. The van der Waals surface area contributed by atoms with Crippen LogP contribution in [-0.4, -0.2) is 38.8 Å². The normalized spacial score (nSPS) is 11.4. The molecule has 2 aromatic rings. The maximum atomic E-state index is 12.8. The van der Waals surface area contributed by atoms with Crippen LogP contribution in [0.4, 0.5) is 4.39 Å². The number of carbonyl (C=O) groups is 1. The molecule has 0 atom stereocenters. The molecule has 1 N–H and O–H groups in total. The third-order valence-electron chi connectivity index (χ3n) is 3.61. The number of halogens is 1. The molecule has 8 heteroatoms. The minimum Gasteiger partial charge on any atom is -0.494 e. The van der Waals surface area contributed by atoms with E-state index >= 15 is 0 Å². The van der Waals surface area contributed by atoms with Gasteiger partial charge in [-0.1, -0.05) is 12.1 Å². The quantitative estimate of drug-likeness (QED) is 0.762. The molecule has 0 aliphatic heterocycles. The molecule has 0 unspecified atom stereocenters. The van der Waals surface area contributed by atoms with Gasteiger partial charge in [0, 0.05) is 13.6 Å². The van der Waals surface area contributed by atoms with Gasteiger partial charge in [0.1, 0.15) is 11.6 Å². The van der Waals surface area contributed by atoms with Gasteiger partial charge in [-0.2, -0.15) is 4.31 Å². The minimum atomic E-state index is -3.79. The van der Waals surface area contributed by atoms with Gasteiger partial charge in [-0.15, -0.1) is 0 Å². The highest BCUT2D eigenvalue weighted by Gasteiger charge is 2.22. The molecule has 0 radical (unpaired) electrons. The number of benzene rings is 2. The van der Waals surface area contributed by atoms with Crippen molar-refractivity contribution in [1.82, 2.24) is 9.62 Å². The van der Waals surface area contributed by atoms with Gasteiger partial charge in [0.15, 0.2) is 0 Å². The van der Waals surface area contributed by atoms with Gasteiger partial charge in [0.2, 0.25) is 15.9 Å². The van der Waals surface area contributed by atoms with E-state index < -0.39 is 15.9 Å². The molecule has 140 valence electrons. The zero-order chi connectivity index (χ0) is 19.2. The number of carbonyl (C=O) groups excluding carboxylic acids is 1. The van der Waals surface area contributed by atoms with E-state index in [0.717, 1.165) is 9.87 Å². The van der Waals surface area contributed by atoms with E-state index in [1.54, 1.807) is 24.3 Å². The first-order chi connectivity index (χ1) is 12.3. The summed E-state index contributed by atoms with van der Waals surface area (Å²) in [4.78, 5) is 12.1. The van der Waals surface area contributed by atoms with Crippen LogP contribution >= 0.6 is 0 Å². The van der Waals surface area contributed by atoms with Gasteiger partial charge in [-0.05, 0) is 48.9 Å². The van der Waals surface area contributed by atoms with Crippen molar-refractivity contribution in [2.24, 2.45) is 0 Å². The average molecular weight is 380 g/mol. The maximum absolute atomic E-state index is 12.8. The molecular formula is C18H21FN2O4S. The molecule has 0 fully saturated rings. The first-order valence-corrected chi connectivity index (χ1v) is 9.47. The predicted octanol–water partition coefficient (Wildman–Crippen LogP) is 2.16. The number of hydrogen-bond donors (Lipinski definition) is 1. The summed E-state index contributed by atoms with van der Waals surface area (Å²) < 4.78 is 44.1. The molecule has 6 nitrogen and oxygen atoms in total. The number of nitrogens with one attached hydrogen (secondary N) is 1. The Kier molecular flexibility index (Phi) is 6.70. The maximum Gasteiger partial charge on any atom is 0.243 e. The Morgan fingerprint density at radius 3 is 2.31 bits per heavy atom. The fourth-order valence-electron chi connectivity index (χ4n) is 2.20. The Labute approximate surface area is 152 Å². The van der Waals surface area contributed by atoms with Gasteiger partial charge in [0.25, 0.3) is 0 Å². The highest BCUT2D eigenvalue weighted by Crippen LogP contribution is 2.18. The molecule has 2 rings (SSSR count). The smallest absolute Gasteiger partial charge is 0.243 e. The van der Waals surface area contributed by atoms with Gasteiger partial charge >= 0.3 is 0 Å². The number of likely N-dealkylation sites (N-methyl/N-ethyl adjacent to an activating group) is 1. The lowest BCUT2D eigenvalue weighted by Crippen LogP contribution is -2.38. The molecule has 0 saturated heterocycles. The van der Waals surface area contributed by atoms with E-state index in [9.17, 15) is 17.6 Å². The van der Waals surface area contributed by atoms with Crippen LogP contribution < -0.4 is 10.1 Å². The summed E-state index contributed by atoms with van der Waals surface area (Å²) in [6, 6.07) is 11.7. The molecule has 0 aliphatic carbocycles. The standard InChI is InChI=1S/C18H21FN2O4S/c1-3-25-16-8-10-17(11-9-16)26(23,24)21(2)13-18(22)20-12-14-4-6-15(19)7-5-14/h4-11H,3,12-13H2,1-2H3,(H,20,22). The number of rotatable bonds is 8. The van der Waals surface area contributed by atoms with Gasteiger partial charge in [0.05, 0.1) is 18.0 Å². The summed E-state index contributed by atoms with van der Waals surface area (Å²) in [5.41, 5.74) is 0.719. The van der Waals surface area contributed by atoms with E-state index in [-0.39, 0.29) is 23.8 Å². The first-order valence-electron chi connectivity index (χ1n) is 8.03. The first kappa shape index (κ1) is 19.9. The number of nitrogens with zero attached hydrogens (tertiary/aromatic N) is 1. The second-order valence-electron chi connectivity index (χ2n) is 5.57. The van der Waals surface area contributed by atoms with E-state index in [0.29, 0.717) is 12.4 Å². The molecule has 2 aromatic carbocycles. The highest BCUT2D eigenvalue weighted by atomic mass is 32.2.